The Kier molecular flexibility index (Phi) is 4.26. The van der Waals surface area contributed by atoms with Gasteiger partial charge >= 0.3 is 0 Å². The molecule has 0 amide bonds. The molecule has 8 heteroatoms. The zero-order chi connectivity index (χ0) is 17.4. The first-order valence-corrected chi connectivity index (χ1v) is 7.35. The van der Waals surface area contributed by atoms with Gasteiger partial charge < -0.3 is 5.11 Å². The Labute approximate surface area is 144 Å². The molecule has 2 aromatic carbocycles. The Morgan fingerprint density at radius 1 is 1.12 bits per heavy atom. The summed E-state index contributed by atoms with van der Waals surface area (Å²) in [5, 5.41) is 14.0. The molecular formula is C16H8Cl2F2N2O2. The first kappa shape index (κ1) is 16.4. The van der Waals surface area contributed by atoms with Crippen molar-refractivity contribution < 1.29 is 18.7 Å². The fourth-order valence-corrected chi connectivity index (χ4v) is 2.60. The van der Waals surface area contributed by atoms with Crippen molar-refractivity contribution in [1.82, 2.24) is 9.78 Å². The van der Waals surface area contributed by atoms with E-state index in [-0.39, 0.29) is 26.9 Å². The van der Waals surface area contributed by atoms with Crippen molar-refractivity contribution in [1.29, 1.82) is 0 Å². The predicted molar refractivity (Wildman–Crippen MR) is 85.0 cm³/mol. The second kappa shape index (κ2) is 6.22. The topological polar surface area (TPSA) is 55.1 Å². The van der Waals surface area contributed by atoms with Crippen molar-refractivity contribution >= 4 is 29.0 Å². The lowest BCUT2D eigenvalue weighted by Crippen LogP contribution is -2.01. The minimum atomic E-state index is -1.03. The molecule has 0 saturated carbocycles. The summed E-state index contributed by atoms with van der Waals surface area (Å²) in [7, 11) is 0. The van der Waals surface area contributed by atoms with Gasteiger partial charge in [0.1, 0.15) is 5.75 Å². The summed E-state index contributed by atoms with van der Waals surface area (Å²) in [5.74, 6) is -2.98. The summed E-state index contributed by atoms with van der Waals surface area (Å²) in [6.07, 6.45) is 2.56. The maximum absolute atomic E-state index is 13.3. The summed E-state index contributed by atoms with van der Waals surface area (Å²) in [5.41, 5.74) is 0.270. The van der Waals surface area contributed by atoms with Crippen LogP contribution in [0.2, 0.25) is 10.0 Å². The molecule has 0 spiro atoms. The van der Waals surface area contributed by atoms with Gasteiger partial charge in [0.15, 0.2) is 17.4 Å². The number of carbonyl (C=O) groups excluding carboxylic acids is 1. The van der Waals surface area contributed by atoms with Gasteiger partial charge in [-0.2, -0.15) is 5.10 Å². The fraction of sp³-hybridized carbons (Fsp3) is 0. The van der Waals surface area contributed by atoms with Crippen LogP contribution in [0.15, 0.2) is 42.7 Å². The molecule has 0 saturated heterocycles. The number of phenolic OH excluding ortho intramolecular Hbond substituents is 1. The van der Waals surface area contributed by atoms with E-state index in [0.717, 1.165) is 12.1 Å². The van der Waals surface area contributed by atoms with E-state index in [9.17, 15) is 18.7 Å². The predicted octanol–water partition coefficient (Wildman–Crippen LogP) is 4.39. The zero-order valence-corrected chi connectivity index (χ0v) is 13.3. The number of carbonyl (C=O) groups is 1. The van der Waals surface area contributed by atoms with Crippen LogP contribution in [0.4, 0.5) is 8.78 Å². The van der Waals surface area contributed by atoms with Gasteiger partial charge in [-0.25, -0.2) is 13.5 Å². The third-order valence-corrected chi connectivity index (χ3v) is 3.79. The second-order valence-electron chi connectivity index (χ2n) is 4.88. The lowest BCUT2D eigenvalue weighted by Gasteiger charge is -2.05. The molecule has 0 radical (unpaired) electrons. The SMILES string of the molecule is O=C(c1cnn(-c2ccc(F)c(F)c2)c1)c1cc(Cl)cc(Cl)c1O. The maximum Gasteiger partial charge on any atom is 0.200 e. The molecule has 0 fully saturated rings. The van der Waals surface area contributed by atoms with Gasteiger partial charge in [0.25, 0.3) is 0 Å². The first-order valence-electron chi connectivity index (χ1n) is 6.59. The molecule has 1 heterocycles. The molecule has 0 bridgehead atoms. The molecule has 0 aliphatic heterocycles. The molecule has 3 aromatic rings. The molecule has 0 unspecified atom stereocenters. The average Bonchev–Trinajstić information content (AvgIpc) is 3.02. The van der Waals surface area contributed by atoms with Gasteiger partial charge in [-0.05, 0) is 24.3 Å². The van der Waals surface area contributed by atoms with Crippen LogP contribution < -0.4 is 0 Å². The number of halogens is 4. The molecular weight excluding hydrogens is 361 g/mol. The number of hydrogen-bond donors (Lipinski definition) is 1. The molecule has 3 rings (SSSR count). The average molecular weight is 369 g/mol. The summed E-state index contributed by atoms with van der Waals surface area (Å²) >= 11 is 11.6. The van der Waals surface area contributed by atoms with Crippen LogP contribution in [0, 0.1) is 11.6 Å². The molecule has 122 valence electrons. The molecule has 1 aromatic heterocycles. The molecule has 0 aliphatic rings. The van der Waals surface area contributed by atoms with Crippen LogP contribution in [-0.4, -0.2) is 20.7 Å². The van der Waals surface area contributed by atoms with Crippen molar-refractivity contribution in [3.8, 4) is 11.4 Å². The lowest BCUT2D eigenvalue weighted by molar-refractivity contribution is 0.103. The van der Waals surface area contributed by atoms with Crippen molar-refractivity contribution in [2.45, 2.75) is 0 Å². The highest BCUT2D eigenvalue weighted by Crippen LogP contribution is 2.32. The van der Waals surface area contributed by atoms with Gasteiger partial charge in [0.05, 0.1) is 28.0 Å². The van der Waals surface area contributed by atoms with E-state index < -0.39 is 23.2 Å². The Morgan fingerprint density at radius 2 is 1.88 bits per heavy atom. The van der Waals surface area contributed by atoms with Crippen LogP contribution in [0.1, 0.15) is 15.9 Å². The van der Waals surface area contributed by atoms with Crippen molar-refractivity contribution in [2.75, 3.05) is 0 Å². The normalized spacial score (nSPS) is 10.8. The van der Waals surface area contributed by atoms with E-state index in [4.69, 9.17) is 23.2 Å². The minimum Gasteiger partial charge on any atom is -0.506 e. The quantitative estimate of drug-likeness (QED) is 0.697. The Balaban J connectivity index is 1.99. The lowest BCUT2D eigenvalue weighted by atomic mass is 10.1. The van der Waals surface area contributed by atoms with Gasteiger partial charge in [0.2, 0.25) is 0 Å². The molecule has 0 aliphatic carbocycles. The Morgan fingerprint density at radius 3 is 2.58 bits per heavy atom. The van der Waals surface area contributed by atoms with Crippen molar-refractivity contribution in [3.05, 3.63) is 75.5 Å². The summed E-state index contributed by atoms with van der Waals surface area (Å²) in [4.78, 5) is 12.5. The number of nitrogens with zero attached hydrogens (tertiary/aromatic N) is 2. The van der Waals surface area contributed by atoms with Gasteiger partial charge in [-0.3, -0.25) is 4.79 Å². The number of ketones is 1. The number of rotatable bonds is 3. The van der Waals surface area contributed by atoms with E-state index in [1.54, 1.807) is 0 Å². The van der Waals surface area contributed by atoms with Crippen LogP contribution >= 0.6 is 23.2 Å². The van der Waals surface area contributed by atoms with Gasteiger partial charge in [-0.1, -0.05) is 23.2 Å². The standard InChI is InChI=1S/C16H8Cl2F2N2O2/c17-9-3-11(16(24)12(18)4-9)15(23)8-6-21-22(7-8)10-1-2-13(19)14(20)5-10/h1-7,24H. The van der Waals surface area contributed by atoms with E-state index >= 15 is 0 Å². The van der Waals surface area contributed by atoms with E-state index in [0.29, 0.717) is 0 Å². The third-order valence-electron chi connectivity index (χ3n) is 3.29. The van der Waals surface area contributed by atoms with E-state index in [2.05, 4.69) is 5.10 Å². The van der Waals surface area contributed by atoms with Gasteiger partial charge in [0, 0.05) is 17.3 Å². The highest BCUT2D eigenvalue weighted by molar-refractivity contribution is 6.36. The molecule has 24 heavy (non-hydrogen) atoms. The minimum absolute atomic E-state index is 0.0566. The van der Waals surface area contributed by atoms with E-state index in [1.165, 1.54) is 35.3 Å². The number of phenols is 1. The van der Waals surface area contributed by atoms with Crippen molar-refractivity contribution in [3.63, 3.8) is 0 Å². The molecule has 0 atom stereocenters. The number of hydrogen-bond acceptors (Lipinski definition) is 3. The highest BCUT2D eigenvalue weighted by Gasteiger charge is 2.19. The zero-order valence-electron chi connectivity index (χ0n) is 11.8. The van der Waals surface area contributed by atoms with Gasteiger partial charge in [-0.15, -0.1) is 0 Å². The fourth-order valence-electron chi connectivity index (χ4n) is 2.10. The number of aromatic hydroxyl groups is 1. The highest BCUT2D eigenvalue weighted by atomic mass is 35.5. The molecule has 4 nitrogen and oxygen atoms in total. The van der Waals surface area contributed by atoms with Crippen LogP contribution in [-0.2, 0) is 0 Å². The largest absolute Gasteiger partial charge is 0.506 e. The third kappa shape index (κ3) is 2.98. The monoisotopic (exact) mass is 368 g/mol. The first-order chi connectivity index (χ1) is 11.4. The second-order valence-corrected chi connectivity index (χ2v) is 5.73. The van der Waals surface area contributed by atoms with Crippen molar-refractivity contribution in [2.24, 2.45) is 0 Å². The number of aromatic nitrogens is 2. The molecule has 1 N–H and O–H groups in total. The Hall–Kier alpha value is -2.44. The maximum atomic E-state index is 13.3. The summed E-state index contributed by atoms with van der Waals surface area (Å²) in [6.45, 7) is 0. The van der Waals surface area contributed by atoms with Crippen LogP contribution in [0.3, 0.4) is 0 Å². The smallest absolute Gasteiger partial charge is 0.200 e. The van der Waals surface area contributed by atoms with Crippen LogP contribution in [0.5, 0.6) is 5.75 Å². The van der Waals surface area contributed by atoms with Crippen LogP contribution in [0.25, 0.3) is 5.69 Å². The Bertz CT molecular complexity index is 957. The summed E-state index contributed by atoms with van der Waals surface area (Å²) in [6, 6.07) is 5.80. The summed E-state index contributed by atoms with van der Waals surface area (Å²) < 4.78 is 27.5. The number of benzene rings is 2. The van der Waals surface area contributed by atoms with E-state index in [1.807, 2.05) is 0 Å².